The third-order valence-electron chi connectivity index (χ3n) is 3.51. The number of aromatic nitrogens is 2. The zero-order chi connectivity index (χ0) is 13.9. The maximum atomic E-state index is 9.35. The minimum Gasteiger partial charge on any atom is -0.497 e. The Balaban J connectivity index is 1.75. The molecule has 0 radical (unpaired) electrons. The maximum Gasteiger partial charge on any atom is 0.130 e. The van der Waals surface area contributed by atoms with Crippen LogP contribution in [0.4, 0.5) is 0 Å². The van der Waals surface area contributed by atoms with Crippen LogP contribution in [0.25, 0.3) is 0 Å². The van der Waals surface area contributed by atoms with Crippen LogP contribution >= 0.6 is 0 Å². The highest BCUT2D eigenvalue weighted by atomic mass is 16.5. The lowest BCUT2D eigenvalue weighted by atomic mass is 10.2. The van der Waals surface area contributed by atoms with Crippen molar-refractivity contribution in [3.8, 4) is 11.5 Å². The minimum atomic E-state index is -0.0544. The van der Waals surface area contributed by atoms with E-state index in [0.717, 1.165) is 11.3 Å². The molecule has 1 aromatic heterocycles. The van der Waals surface area contributed by atoms with Gasteiger partial charge < -0.3 is 19.1 Å². The second kappa shape index (κ2) is 5.54. The number of hydrogen-bond acceptors (Lipinski definition) is 4. The molecule has 20 heavy (non-hydrogen) atoms. The fourth-order valence-corrected chi connectivity index (χ4v) is 2.20. The Bertz CT molecular complexity index is 591. The van der Waals surface area contributed by atoms with Gasteiger partial charge in [-0.3, -0.25) is 0 Å². The molecule has 1 aromatic carbocycles. The first-order valence-electron chi connectivity index (χ1n) is 6.73. The van der Waals surface area contributed by atoms with Gasteiger partial charge >= 0.3 is 0 Å². The van der Waals surface area contributed by atoms with E-state index in [9.17, 15) is 5.11 Å². The van der Waals surface area contributed by atoms with E-state index in [0.29, 0.717) is 24.1 Å². The molecule has 0 atom stereocenters. The summed E-state index contributed by atoms with van der Waals surface area (Å²) in [5.74, 6) is 1.36. The smallest absolute Gasteiger partial charge is 0.130 e. The predicted molar refractivity (Wildman–Crippen MR) is 73.7 cm³/mol. The van der Waals surface area contributed by atoms with Crippen molar-refractivity contribution in [1.29, 1.82) is 0 Å². The maximum absolute atomic E-state index is 9.35. The molecule has 106 valence electrons. The molecule has 1 aliphatic rings. The highest BCUT2D eigenvalue weighted by molar-refractivity contribution is 5.40. The molecule has 1 saturated carbocycles. The van der Waals surface area contributed by atoms with E-state index in [4.69, 9.17) is 9.47 Å². The highest BCUT2D eigenvalue weighted by Crippen LogP contribution is 2.36. The third kappa shape index (κ3) is 2.63. The van der Waals surface area contributed by atoms with Crippen molar-refractivity contribution in [3.63, 3.8) is 0 Å². The van der Waals surface area contributed by atoms with Crippen molar-refractivity contribution in [2.24, 2.45) is 0 Å². The topological polar surface area (TPSA) is 56.5 Å². The summed E-state index contributed by atoms with van der Waals surface area (Å²) < 4.78 is 13.2. The summed E-state index contributed by atoms with van der Waals surface area (Å²) >= 11 is 0. The van der Waals surface area contributed by atoms with Crippen molar-refractivity contribution in [2.45, 2.75) is 32.1 Å². The lowest BCUT2D eigenvalue weighted by Crippen LogP contribution is -2.05. The molecule has 0 unspecified atom stereocenters. The summed E-state index contributed by atoms with van der Waals surface area (Å²) in [5.41, 5.74) is 1.81. The van der Waals surface area contributed by atoms with Gasteiger partial charge in [-0.25, -0.2) is 4.98 Å². The van der Waals surface area contributed by atoms with Crippen LogP contribution in [0, 0.1) is 0 Å². The highest BCUT2D eigenvalue weighted by Gasteiger charge is 2.25. The van der Waals surface area contributed by atoms with E-state index in [1.807, 2.05) is 24.7 Å². The number of aliphatic hydroxyl groups excluding tert-OH is 1. The molecular weight excluding hydrogens is 256 g/mol. The first-order chi connectivity index (χ1) is 9.81. The second-order valence-corrected chi connectivity index (χ2v) is 4.94. The lowest BCUT2D eigenvalue weighted by molar-refractivity contribution is 0.254. The second-order valence-electron chi connectivity index (χ2n) is 4.94. The molecule has 5 heteroatoms. The van der Waals surface area contributed by atoms with Crippen molar-refractivity contribution in [1.82, 2.24) is 9.55 Å². The van der Waals surface area contributed by atoms with E-state index in [1.54, 1.807) is 13.2 Å². The van der Waals surface area contributed by atoms with Crippen LogP contribution in [0.5, 0.6) is 11.5 Å². The zero-order valence-electron chi connectivity index (χ0n) is 11.5. The van der Waals surface area contributed by atoms with Gasteiger partial charge in [-0.1, -0.05) is 0 Å². The Morgan fingerprint density at radius 1 is 1.40 bits per heavy atom. The Labute approximate surface area is 117 Å². The van der Waals surface area contributed by atoms with Crippen LogP contribution in [0.15, 0.2) is 30.7 Å². The number of ether oxygens (including phenoxy) is 2. The number of aliphatic hydroxyl groups is 1. The van der Waals surface area contributed by atoms with E-state index >= 15 is 0 Å². The number of rotatable bonds is 6. The summed E-state index contributed by atoms with van der Waals surface area (Å²) in [5, 5.41) is 9.35. The van der Waals surface area contributed by atoms with Gasteiger partial charge in [0.25, 0.3) is 0 Å². The van der Waals surface area contributed by atoms with Gasteiger partial charge in [0.15, 0.2) is 0 Å². The van der Waals surface area contributed by atoms with Gasteiger partial charge in [-0.2, -0.15) is 0 Å². The zero-order valence-corrected chi connectivity index (χ0v) is 11.5. The fourth-order valence-electron chi connectivity index (χ4n) is 2.20. The van der Waals surface area contributed by atoms with E-state index < -0.39 is 0 Å². The van der Waals surface area contributed by atoms with Crippen LogP contribution in [-0.4, -0.2) is 21.8 Å². The molecule has 5 nitrogen and oxygen atoms in total. The fraction of sp³-hybridized carbons (Fsp3) is 0.400. The van der Waals surface area contributed by atoms with Gasteiger partial charge in [0.2, 0.25) is 0 Å². The minimum absolute atomic E-state index is 0.0544. The molecule has 1 fully saturated rings. The number of hydrogen-bond donors (Lipinski definition) is 1. The molecule has 0 bridgehead atoms. The lowest BCUT2D eigenvalue weighted by Gasteiger charge is -2.12. The predicted octanol–water partition coefficient (Wildman–Crippen LogP) is 2.30. The van der Waals surface area contributed by atoms with Crippen molar-refractivity contribution >= 4 is 0 Å². The Hall–Kier alpha value is -2.01. The molecule has 2 aromatic rings. The average molecular weight is 274 g/mol. The Morgan fingerprint density at radius 2 is 2.25 bits per heavy atom. The monoisotopic (exact) mass is 274 g/mol. The molecule has 3 rings (SSSR count). The number of methoxy groups -OCH3 is 1. The molecule has 0 aliphatic heterocycles. The van der Waals surface area contributed by atoms with Crippen LogP contribution < -0.4 is 9.47 Å². The van der Waals surface area contributed by atoms with Gasteiger partial charge in [-0.05, 0) is 25.0 Å². The van der Waals surface area contributed by atoms with Gasteiger partial charge in [-0.15, -0.1) is 0 Å². The molecule has 0 amide bonds. The molecule has 1 N–H and O–H groups in total. The molecule has 0 spiro atoms. The quantitative estimate of drug-likeness (QED) is 0.878. The largest absolute Gasteiger partial charge is 0.497 e. The van der Waals surface area contributed by atoms with Crippen molar-refractivity contribution in [3.05, 3.63) is 42.0 Å². The summed E-state index contributed by atoms with van der Waals surface area (Å²) in [6.07, 6.45) is 6.11. The normalized spacial score (nSPS) is 14.3. The molecule has 1 aliphatic carbocycles. The van der Waals surface area contributed by atoms with Crippen molar-refractivity contribution in [2.75, 3.05) is 7.11 Å². The van der Waals surface area contributed by atoms with E-state index in [1.165, 1.54) is 12.8 Å². The van der Waals surface area contributed by atoms with Crippen LogP contribution in [0.3, 0.4) is 0 Å². The van der Waals surface area contributed by atoms with Crippen LogP contribution in [-0.2, 0) is 13.2 Å². The molecular formula is C15H18N2O3. The first-order valence-corrected chi connectivity index (χ1v) is 6.73. The van der Waals surface area contributed by atoms with Crippen LogP contribution in [0.2, 0.25) is 0 Å². The molecule has 1 heterocycles. The summed E-state index contributed by atoms with van der Waals surface area (Å²) in [4.78, 5) is 4.18. The van der Waals surface area contributed by atoms with Crippen LogP contribution in [0.1, 0.15) is 30.1 Å². The summed E-state index contributed by atoms with van der Waals surface area (Å²) in [6.45, 7) is 0.387. The molecule has 0 saturated heterocycles. The Kier molecular flexibility index (Phi) is 3.60. The number of nitrogens with zero attached hydrogens (tertiary/aromatic N) is 2. The van der Waals surface area contributed by atoms with Gasteiger partial charge in [0, 0.05) is 17.7 Å². The third-order valence-corrected chi connectivity index (χ3v) is 3.51. The average Bonchev–Trinajstić information content (AvgIpc) is 3.23. The summed E-state index contributed by atoms with van der Waals surface area (Å²) in [6, 6.07) is 6.00. The summed E-state index contributed by atoms with van der Waals surface area (Å²) in [7, 11) is 1.61. The van der Waals surface area contributed by atoms with E-state index in [2.05, 4.69) is 9.55 Å². The van der Waals surface area contributed by atoms with Gasteiger partial charge in [0.1, 0.15) is 18.1 Å². The number of imidazole rings is 1. The van der Waals surface area contributed by atoms with Gasteiger partial charge in [0.05, 0.1) is 31.9 Å². The van der Waals surface area contributed by atoms with E-state index in [-0.39, 0.29) is 6.61 Å². The first kappa shape index (κ1) is 13.0. The van der Waals surface area contributed by atoms with Crippen molar-refractivity contribution < 1.29 is 14.6 Å². The number of benzene rings is 1. The standard InChI is InChI=1S/C15H18N2O3/c1-19-14-5-2-11(8-18)15(6-14)20-9-13-7-16-10-17(13)12-3-4-12/h2,5-7,10,12,18H,3-4,8-9H2,1H3. The Morgan fingerprint density at radius 3 is 2.95 bits per heavy atom. The SMILES string of the molecule is COc1ccc(CO)c(OCc2cncn2C2CC2)c1.